The molecule has 0 amide bonds. The van der Waals surface area contributed by atoms with Crippen LogP contribution in [0.2, 0.25) is 0 Å². The highest BCUT2D eigenvalue weighted by atomic mass is 14.5. The molecule has 264 valence electrons. The summed E-state index contributed by atoms with van der Waals surface area (Å²) in [5.41, 5.74) is 22.2. The molecule has 0 aliphatic heterocycles. The third-order valence-electron chi connectivity index (χ3n) is 11.6. The molecule has 8 aromatic rings. The smallest absolute Gasteiger partial charge is 0.0725 e. The van der Waals surface area contributed by atoms with Gasteiger partial charge in [0.2, 0.25) is 0 Å². The molecule has 0 radical (unpaired) electrons. The van der Waals surface area contributed by atoms with E-state index in [-0.39, 0.29) is 5.41 Å². The van der Waals surface area contributed by atoms with Gasteiger partial charge in [-0.3, -0.25) is 0 Å². The van der Waals surface area contributed by atoms with Gasteiger partial charge in [0.05, 0.1) is 5.41 Å². The summed E-state index contributed by atoms with van der Waals surface area (Å²) in [6.45, 7) is 0. The van der Waals surface area contributed by atoms with Crippen LogP contribution in [0.5, 0.6) is 0 Å². The minimum absolute atomic E-state index is 0.384. The third kappa shape index (κ3) is 5.32. The Morgan fingerprint density at radius 2 is 0.946 bits per heavy atom. The Labute approximate surface area is 328 Å². The van der Waals surface area contributed by atoms with Crippen molar-refractivity contribution in [1.82, 2.24) is 0 Å². The molecule has 0 unspecified atom stereocenters. The lowest BCUT2D eigenvalue weighted by atomic mass is 9.70. The summed E-state index contributed by atoms with van der Waals surface area (Å²) in [5.74, 6) is 0. The first-order chi connectivity index (χ1) is 27.8. The number of fused-ring (bicyclic) bond motifs is 12. The van der Waals surface area contributed by atoms with Crippen molar-refractivity contribution in [1.29, 1.82) is 0 Å². The largest absolute Gasteiger partial charge is 0.404 e. The molecule has 2 N–H and O–H groups in total. The van der Waals surface area contributed by atoms with Crippen LogP contribution in [0.25, 0.3) is 74.7 Å². The van der Waals surface area contributed by atoms with E-state index in [9.17, 15) is 0 Å². The normalized spacial score (nSPS) is 14.3. The van der Waals surface area contributed by atoms with E-state index >= 15 is 0 Å². The van der Waals surface area contributed by atoms with Crippen molar-refractivity contribution < 1.29 is 0 Å². The fourth-order valence-corrected chi connectivity index (χ4v) is 9.16. The van der Waals surface area contributed by atoms with E-state index in [1.807, 2.05) is 24.3 Å². The molecule has 56 heavy (non-hydrogen) atoms. The van der Waals surface area contributed by atoms with Crippen LogP contribution in [0, 0.1) is 0 Å². The van der Waals surface area contributed by atoms with Gasteiger partial charge in [0, 0.05) is 6.20 Å². The molecule has 0 saturated carbocycles. The van der Waals surface area contributed by atoms with Gasteiger partial charge in [-0.2, -0.15) is 0 Å². The Morgan fingerprint density at radius 3 is 1.64 bits per heavy atom. The van der Waals surface area contributed by atoms with E-state index in [2.05, 4.69) is 194 Å². The highest BCUT2D eigenvalue weighted by molar-refractivity contribution is 6.11. The number of allylic oxidation sites excluding steroid dienone is 3. The van der Waals surface area contributed by atoms with Crippen molar-refractivity contribution in [2.75, 3.05) is 0 Å². The summed E-state index contributed by atoms with van der Waals surface area (Å²) < 4.78 is 0. The number of hydrogen-bond donors (Lipinski definition) is 1. The van der Waals surface area contributed by atoms with E-state index in [1.54, 1.807) is 6.20 Å². The predicted octanol–water partition coefficient (Wildman–Crippen LogP) is 11.8. The lowest BCUT2D eigenvalue weighted by Gasteiger charge is -2.31. The molecule has 0 fully saturated rings. The predicted molar refractivity (Wildman–Crippen MR) is 238 cm³/mol. The van der Waals surface area contributed by atoms with Crippen molar-refractivity contribution >= 4 is 41.3 Å². The second-order valence-electron chi connectivity index (χ2n) is 14.6. The van der Waals surface area contributed by atoms with Gasteiger partial charge in [0.1, 0.15) is 0 Å². The average molecular weight is 714 g/mol. The summed E-state index contributed by atoms with van der Waals surface area (Å²) in [5, 5.41) is 4.69. The van der Waals surface area contributed by atoms with Gasteiger partial charge in [-0.1, -0.05) is 212 Å². The molecule has 8 aromatic carbocycles. The van der Waals surface area contributed by atoms with Crippen molar-refractivity contribution in [3.05, 3.63) is 244 Å². The van der Waals surface area contributed by atoms with Crippen LogP contribution in [0.15, 0.2) is 194 Å². The van der Waals surface area contributed by atoms with Crippen LogP contribution in [0.4, 0.5) is 0 Å². The van der Waals surface area contributed by atoms with E-state index < -0.39 is 0 Å². The SMILES string of the molecule is N\C=c1/cccc/c1=C/C=C\C=C\c1ccccc1/C=C\c1ccc(-c2cc3c(c4ccccc24)-c2ccccc2C32c3ccccc3-c3ccccc32)cc1. The Kier molecular flexibility index (Phi) is 8.27. The van der Waals surface area contributed by atoms with E-state index in [0.717, 1.165) is 21.6 Å². The van der Waals surface area contributed by atoms with Gasteiger partial charge in [0.25, 0.3) is 0 Å². The zero-order valence-corrected chi connectivity index (χ0v) is 30.9. The third-order valence-corrected chi connectivity index (χ3v) is 11.6. The summed E-state index contributed by atoms with van der Waals surface area (Å²) in [7, 11) is 0. The van der Waals surface area contributed by atoms with Crippen molar-refractivity contribution in [2.24, 2.45) is 5.73 Å². The molecular formula is C55H39N. The number of hydrogen-bond acceptors (Lipinski definition) is 1. The zero-order chi connectivity index (χ0) is 37.5. The van der Waals surface area contributed by atoms with Crippen LogP contribution < -0.4 is 16.2 Å². The highest BCUT2D eigenvalue weighted by Crippen LogP contribution is 2.64. The van der Waals surface area contributed by atoms with Gasteiger partial charge >= 0.3 is 0 Å². The average Bonchev–Trinajstić information content (AvgIpc) is 3.73. The maximum absolute atomic E-state index is 5.79. The van der Waals surface area contributed by atoms with E-state index in [4.69, 9.17) is 5.73 Å². The molecule has 2 aliphatic rings. The molecular weight excluding hydrogens is 675 g/mol. The fraction of sp³-hybridized carbons (Fsp3) is 0.0182. The van der Waals surface area contributed by atoms with Crippen LogP contribution in [-0.2, 0) is 5.41 Å². The summed E-state index contributed by atoms with van der Waals surface area (Å²) in [4.78, 5) is 0. The number of benzene rings is 8. The van der Waals surface area contributed by atoms with E-state index in [0.29, 0.717) is 0 Å². The highest BCUT2D eigenvalue weighted by Gasteiger charge is 2.52. The Bertz CT molecular complexity index is 2980. The summed E-state index contributed by atoms with van der Waals surface area (Å²) >= 11 is 0. The van der Waals surface area contributed by atoms with Gasteiger partial charge in [-0.25, -0.2) is 0 Å². The molecule has 10 rings (SSSR count). The fourth-order valence-electron chi connectivity index (χ4n) is 9.16. The molecule has 1 heteroatoms. The number of rotatable bonds is 6. The summed E-state index contributed by atoms with van der Waals surface area (Å²) in [6.07, 6.45) is 16.5. The molecule has 0 heterocycles. The maximum Gasteiger partial charge on any atom is 0.0725 e. The maximum atomic E-state index is 5.79. The molecule has 1 spiro atoms. The topological polar surface area (TPSA) is 26.0 Å². The van der Waals surface area contributed by atoms with Gasteiger partial charge in [0.15, 0.2) is 0 Å². The monoisotopic (exact) mass is 713 g/mol. The molecule has 0 atom stereocenters. The first kappa shape index (κ1) is 33.4. The number of nitrogens with two attached hydrogens (primary N) is 1. The van der Waals surface area contributed by atoms with Crippen LogP contribution in [0.1, 0.15) is 38.9 Å². The zero-order valence-electron chi connectivity index (χ0n) is 30.9. The van der Waals surface area contributed by atoms with Gasteiger partial charge in [-0.15, -0.1) is 0 Å². The molecule has 0 aromatic heterocycles. The lowest BCUT2D eigenvalue weighted by molar-refractivity contribution is 0.794. The second-order valence-corrected chi connectivity index (χ2v) is 14.6. The van der Waals surface area contributed by atoms with Crippen molar-refractivity contribution in [3.63, 3.8) is 0 Å². The second kappa shape index (κ2) is 13.9. The lowest BCUT2D eigenvalue weighted by Crippen LogP contribution is -2.25. The molecule has 1 nitrogen and oxygen atoms in total. The first-order valence-corrected chi connectivity index (χ1v) is 19.3. The Morgan fingerprint density at radius 1 is 0.393 bits per heavy atom. The van der Waals surface area contributed by atoms with Crippen LogP contribution in [0.3, 0.4) is 0 Å². The minimum Gasteiger partial charge on any atom is -0.404 e. The van der Waals surface area contributed by atoms with E-state index in [1.165, 1.54) is 72.0 Å². The molecule has 0 bridgehead atoms. The Balaban J connectivity index is 1.02. The van der Waals surface area contributed by atoms with Crippen molar-refractivity contribution in [3.8, 4) is 33.4 Å². The quantitative estimate of drug-likeness (QED) is 0.135. The molecule has 0 saturated heterocycles. The Hall–Kier alpha value is -7.22. The van der Waals surface area contributed by atoms with Crippen LogP contribution in [-0.4, -0.2) is 0 Å². The van der Waals surface area contributed by atoms with Gasteiger partial charge < -0.3 is 5.73 Å². The first-order valence-electron chi connectivity index (χ1n) is 19.3. The van der Waals surface area contributed by atoms with Gasteiger partial charge in [-0.05, 0) is 99.6 Å². The summed E-state index contributed by atoms with van der Waals surface area (Å²) in [6, 6.07) is 64.3. The van der Waals surface area contributed by atoms with Crippen molar-refractivity contribution in [2.45, 2.75) is 5.41 Å². The minimum atomic E-state index is -0.384. The molecule has 2 aliphatic carbocycles. The standard InChI is InChI=1S/C55H39N/c56-37-43-21-7-6-19-40(43)17-3-1-2-16-39-18-4-5-20-41(39)33-30-38-31-34-42(35-32-38)49-36-53-54(47-25-9-8-22-44(47)49)48-26-12-15-29-52(48)55(53)50-27-13-10-23-45(50)46-24-11-14-28-51(46)55/h1-37H,56H2/b3-1-,16-2+,33-30-,40-17-,43-37+. The van der Waals surface area contributed by atoms with Crippen LogP contribution >= 0.6 is 0 Å².